The molecule has 6 heteroatoms. The van der Waals surface area contributed by atoms with Crippen LogP contribution in [-0.2, 0) is 0 Å². The molecule has 1 unspecified atom stereocenters. The molecule has 0 heterocycles. The Hall–Kier alpha value is -1.40. The minimum Gasteiger partial charge on any atom is -0.497 e. The third-order valence-electron chi connectivity index (χ3n) is 2.16. The van der Waals surface area contributed by atoms with Crippen LogP contribution in [0.25, 0.3) is 0 Å². The molecule has 0 aliphatic heterocycles. The number of ether oxygens (including phenoxy) is 2. The van der Waals surface area contributed by atoms with E-state index in [1.807, 2.05) is 0 Å². The predicted molar refractivity (Wildman–Crippen MR) is 55.6 cm³/mol. The number of nitrogens with two attached hydrogens (primary N) is 1. The van der Waals surface area contributed by atoms with Gasteiger partial charge < -0.3 is 9.47 Å². The van der Waals surface area contributed by atoms with Crippen LogP contribution in [0.4, 0.5) is 8.78 Å². The smallest absolute Gasteiger partial charge is 0.259 e. The Kier molecular flexibility index (Phi) is 4.45. The average Bonchev–Trinajstić information content (AvgIpc) is 2.29. The van der Waals surface area contributed by atoms with E-state index in [0.29, 0.717) is 17.1 Å². The highest BCUT2D eigenvalue weighted by Crippen LogP contribution is 2.28. The van der Waals surface area contributed by atoms with Crippen LogP contribution < -0.4 is 20.7 Å². The molecular formula is C10H14F2N2O2. The SMILES string of the molecule is COc1cc(OC)cc(C(NN)C(F)F)c1. The number of halogens is 2. The maximum atomic E-state index is 12.6. The Balaban J connectivity index is 3.10. The maximum Gasteiger partial charge on any atom is 0.259 e. The molecule has 0 aliphatic carbocycles. The standard InChI is InChI=1S/C10H14F2N2O2/c1-15-7-3-6(4-8(5-7)16-2)9(14-13)10(11)12/h3-5,9-10,14H,13H2,1-2H3. The summed E-state index contributed by atoms with van der Waals surface area (Å²) in [7, 11) is 2.90. The van der Waals surface area contributed by atoms with Crippen molar-refractivity contribution in [2.75, 3.05) is 14.2 Å². The summed E-state index contributed by atoms with van der Waals surface area (Å²) < 4.78 is 35.2. The highest BCUT2D eigenvalue weighted by molar-refractivity contribution is 5.40. The number of benzene rings is 1. The zero-order valence-corrected chi connectivity index (χ0v) is 9.04. The number of hydrazine groups is 1. The molecular weight excluding hydrogens is 218 g/mol. The first-order valence-electron chi connectivity index (χ1n) is 4.59. The lowest BCUT2D eigenvalue weighted by molar-refractivity contribution is 0.0984. The Morgan fingerprint density at radius 2 is 1.62 bits per heavy atom. The van der Waals surface area contributed by atoms with Gasteiger partial charge in [0.05, 0.1) is 14.2 Å². The van der Waals surface area contributed by atoms with Gasteiger partial charge in [0, 0.05) is 6.07 Å². The Morgan fingerprint density at radius 3 is 1.94 bits per heavy atom. The zero-order chi connectivity index (χ0) is 12.1. The molecule has 0 aliphatic rings. The molecule has 4 nitrogen and oxygen atoms in total. The molecule has 90 valence electrons. The van der Waals surface area contributed by atoms with Crippen molar-refractivity contribution < 1.29 is 18.3 Å². The summed E-state index contributed by atoms with van der Waals surface area (Å²) in [5.74, 6) is 5.96. The second-order valence-electron chi connectivity index (χ2n) is 3.12. The number of hydrogen-bond donors (Lipinski definition) is 2. The van der Waals surface area contributed by atoms with Crippen LogP contribution in [0, 0.1) is 0 Å². The van der Waals surface area contributed by atoms with Gasteiger partial charge in [-0.2, -0.15) is 0 Å². The van der Waals surface area contributed by atoms with Gasteiger partial charge in [-0.05, 0) is 17.7 Å². The number of methoxy groups -OCH3 is 2. The lowest BCUT2D eigenvalue weighted by Gasteiger charge is -2.17. The zero-order valence-electron chi connectivity index (χ0n) is 9.04. The van der Waals surface area contributed by atoms with E-state index in [-0.39, 0.29) is 0 Å². The first-order valence-corrected chi connectivity index (χ1v) is 4.59. The van der Waals surface area contributed by atoms with Crippen LogP contribution >= 0.6 is 0 Å². The van der Waals surface area contributed by atoms with Crippen molar-refractivity contribution in [3.8, 4) is 11.5 Å². The maximum absolute atomic E-state index is 12.6. The van der Waals surface area contributed by atoms with Gasteiger partial charge in [0.1, 0.15) is 17.5 Å². The molecule has 1 aromatic carbocycles. The second-order valence-corrected chi connectivity index (χ2v) is 3.12. The normalized spacial score (nSPS) is 12.6. The summed E-state index contributed by atoms with van der Waals surface area (Å²) in [4.78, 5) is 0. The highest BCUT2D eigenvalue weighted by Gasteiger charge is 2.22. The van der Waals surface area contributed by atoms with Gasteiger partial charge in [-0.3, -0.25) is 5.84 Å². The highest BCUT2D eigenvalue weighted by atomic mass is 19.3. The molecule has 0 fully saturated rings. The molecule has 0 bridgehead atoms. The second kappa shape index (κ2) is 5.62. The van der Waals surface area contributed by atoms with Crippen LogP contribution in [0.5, 0.6) is 11.5 Å². The van der Waals surface area contributed by atoms with E-state index in [9.17, 15) is 8.78 Å². The fraction of sp³-hybridized carbons (Fsp3) is 0.400. The van der Waals surface area contributed by atoms with Crippen LogP contribution in [0.15, 0.2) is 18.2 Å². The van der Waals surface area contributed by atoms with E-state index in [0.717, 1.165) is 0 Å². The van der Waals surface area contributed by atoms with E-state index >= 15 is 0 Å². The molecule has 1 rings (SSSR count). The minimum atomic E-state index is -2.61. The predicted octanol–water partition coefficient (Wildman–Crippen LogP) is 1.47. The number of rotatable bonds is 5. The number of hydrogen-bond acceptors (Lipinski definition) is 4. The number of alkyl halides is 2. The van der Waals surface area contributed by atoms with E-state index in [4.69, 9.17) is 15.3 Å². The van der Waals surface area contributed by atoms with Crippen molar-refractivity contribution in [1.29, 1.82) is 0 Å². The quantitative estimate of drug-likeness (QED) is 0.596. The summed E-state index contributed by atoms with van der Waals surface area (Å²) in [5, 5.41) is 0. The average molecular weight is 232 g/mol. The third-order valence-corrected chi connectivity index (χ3v) is 2.16. The van der Waals surface area contributed by atoms with Crippen molar-refractivity contribution in [2.45, 2.75) is 12.5 Å². The van der Waals surface area contributed by atoms with E-state index in [1.54, 1.807) is 6.07 Å². The monoisotopic (exact) mass is 232 g/mol. The van der Waals surface area contributed by atoms with Gasteiger partial charge in [0.25, 0.3) is 6.43 Å². The molecule has 3 N–H and O–H groups in total. The lowest BCUT2D eigenvalue weighted by Crippen LogP contribution is -2.32. The van der Waals surface area contributed by atoms with Crippen molar-refractivity contribution >= 4 is 0 Å². The number of nitrogens with one attached hydrogen (secondary N) is 1. The topological polar surface area (TPSA) is 56.5 Å². The first kappa shape index (κ1) is 12.7. The molecule has 0 saturated heterocycles. The first-order chi connectivity index (χ1) is 7.62. The molecule has 0 spiro atoms. The van der Waals surface area contributed by atoms with Gasteiger partial charge in [-0.1, -0.05) is 0 Å². The van der Waals surface area contributed by atoms with Gasteiger partial charge in [0.15, 0.2) is 0 Å². The molecule has 0 amide bonds. The lowest BCUT2D eigenvalue weighted by atomic mass is 10.1. The molecule has 0 aromatic heterocycles. The van der Waals surface area contributed by atoms with E-state index in [1.165, 1.54) is 26.4 Å². The van der Waals surface area contributed by atoms with Crippen LogP contribution in [0.1, 0.15) is 11.6 Å². The van der Waals surface area contributed by atoms with Crippen molar-refractivity contribution in [3.05, 3.63) is 23.8 Å². The largest absolute Gasteiger partial charge is 0.497 e. The minimum absolute atomic E-state index is 0.314. The van der Waals surface area contributed by atoms with E-state index < -0.39 is 12.5 Å². The van der Waals surface area contributed by atoms with Gasteiger partial charge in [-0.15, -0.1) is 0 Å². The Bertz CT molecular complexity index is 325. The molecule has 0 radical (unpaired) electrons. The van der Waals surface area contributed by atoms with Crippen molar-refractivity contribution in [1.82, 2.24) is 5.43 Å². The van der Waals surface area contributed by atoms with E-state index in [2.05, 4.69) is 5.43 Å². The summed E-state index contributed by atoms with van der Waals surface area (Å²) in [6, 6.07) is 3.32. The summed E-state index contributed by atoms with van der Waals surface area (Å²) in [5.41, 5.74) is 2.37. The Morgan fingerprint density at radius 1 is 1.12 bits per heavy atom. The van der Waals surface area contributed by atoms with Gasteiger partial charge >= 0.3 is 0 Å². The van der Waals surface area contributed by atoms with Crippen LogP contribution in [-0.4, -0.2) is 20.6 Å². The molecule has 0 saturated carbocycles. The molecule has 1 atom stereocenters. The fourth-order valence-corrected chi connectivity index (χ4v) is 1.32. The third kappa shape index (κ3) is 2.80. The van der Waals surface area contributed by atoms with Crippen LogP contribution in [0.2, 0.25) is 0 Å². The summed E-state index contributed by atoms with van der Waals surface area (Å²) in [6.07, 6.45) is -2.61. The van der Waals surface area contributed by atoms with Crippen molar-refractivity contribution in [2.24, 2.45) is 5.84 Å². The molecule has 1 aromatic rings. The summed E-state index contributed by atoms with van der Waals surface area (Å²) in [6.45, 7) is 0. The Labute approximate surface area is 92.3 Å². The molecule has 16 heavy (non-hydrogen) atoms. The van der Waals surface area contributed by atoms with Gasteiger partial charge in [0.2, 0.25) is 0 Å². The van der Waals surface area contributed by atoms with Crippen LogP contribution in [0.3, 0.4) is 0 Å². The van der Waals surface area contributed by atoms with Gasteiger partial charge in [-0.25, -0.2) is 14.2 Å². The van der Waals surface area contributed by atoms with Crippen molar-refractivity contribution in [3.63, 3.8) is 0 Å². The fourth-order valence-electron chi connectivity index (χ4n) is 1.32. The summed E-state index contributed by atoms with van der Waals surface area (Å²) >= 11 is 0.